The quantitative estimate of drug-likeness (QED) is 0.743. The second kappa shape index (κ2) is 6.50. The van der Waals surface area contributed by atoms with E-state index in [1.165, 1.54) is 0 Å². The molecular formula is C17H18ClN5O2. The van der Waals surface area contributed by atoms with E-state index in [9.17, 15) is 9.90 Å². The van der Waals surface area contributed by atoms with Crippen LogP contribution in [0.4, 0.5) is 0 Å². The molecule has 1 aliphatic carbocycles. The number of imidazole rings is 2. The van der Waals surface area contributed by atoms with Gasteiger partial charge in [0.2, 0.25) is 0 Å². The Bertz CT molecular complexity index is 892. The summed E-state index contributed by atoms with van der Waals surface area (Å²) in [6.45, 7) is 0.787. The minimum absolute atomic E-state index is 0.273. The lowest BCUT2D eigenvalue weighted by molar-refractivity contribution is 0.0870. The topological polar surface area (TPSA) is 84.5 Å². The van der Waals surface area contributed by atoms with Crippen LogP contribution in [-0.2, 0) is 6.54 Å². The van der Waals surface area contributed by atoms with E-state index in [1.807, 2.05) is 10.8 Å². The summed E-state index contributed by atoms with van der Waals surface area (Å²) in [6, 6.07) is 3.21. The van der Waals surface area contributed by atoms with Crippen molar-refractivity contribution in [3.63, 3.8) is 0 Å². The Morgan fingerprint density at radius 1 is 1.36 bits per heavy atom. The molecule has 0 aromatic carbocycles. The van der Waals surface area contributed by atoms with E-state index in [2.05, 4.69) is 15.3 Å². The molecule has 25 heavy (non-hydrogen) atoms. The molecule has 7 nitrogen and oxygen atoms in total. The van der Waals surface area contributed by atoms with Crippen LogP contribution in [0.2, 0.25) is 5.02 Å². The van der Waals surface area contributed by atoms with E-state index >= 15 is 0 Å². The average molecular weight is 360 g/mol. The van der Waals surface area contributed by atoms with E-state index in [-0.39, 0.29) is 11.9 Å². The zero-order chi connectivity index (χ0) is 17.4. The van der Waals surface area contributed by atoms with Crippen LogP contribution in [0.1, 0.15) is 23.3 Å². The molecule has 1 fully saturated rings. The monoisotopic (exact) mass is 359 g/mol. The van der Waals surface area contributed by atoms with Crippen molar-refractivity contribution in [1.29, 1.82) is 0 Å². The number of aliphatic hydroxyl groups excluding tert-OH is 1. The molecule has 1 aliphatic rings. The van der Waals surface area contributed by atoms with Crippen LogP contribution in [0, 0.1) is 5.92 Å². The number of halogens is 1. The Morgan fingerprint density at radius 3 is 3.04 bits per heavy atom. The highest BCUT2D eigenvalue weighted by molar-refractivity contribution is 6.30. The van der Waals surface area contributed by atoms with E-state index in [0.29, 0.717) is 28.6 Å². The lowest BCUT2D eigenvalue weighted by atomic mass is 10.1. The molecule has 2 N–H and O–H groups in total. The van der Waals surface area contributed by atoms with Crippen LogP contribution in [-0.4, -0.2) is 42.1 Å². The van der Waals surface area contributed by atoms with Crippen LogP contribution in [0.5, 0.6) is 0 Å². The van der Waals surface area contributed by atoms with Gasteiger partial charge in [0, 0.05) is 25.1 Å². The first kappa shape index (κ1) is 16.1. The summed E-state index contributed by atoms with van der Waals surface area (Å²) in [5.41, 5.74) is 1.02. The first-order valence-corrected chi connectivity index (χ1v) is 8.55. The molecule has 0 radical (unpaired) electrons. The summed E-state index contributed by atoms with van der Waals surface area (Å²) in [5, 5.41) is 13.8. The highest BCUT2D eigenvalue weighted by Crippen LogP contribution is 2.28. The first-order chi connectivity index (χ1) is 12.1. The normalized spacial score (nSPS) is 23.2. The van der Waals surface area contributed by atoms with E-state index in [0.717, 1.165) is 13.0 Å². The van der Waals surface area contributed by atoms with Gasteiger partial charge in [-0.25, -0.2) is 9.97 Å². The minimum Gasteiger partial charge on any atom is -0.391 e. The standard InChI is InChI=1S/C17H18ClN5O2/c18-12-1-2-14-16(20-10-23(14)8-12)17(25)21-13-5-11(6-15(13)24)7-22-4-3-19-9-22/h1-4,8-11,13,15,24H,5-7H2,(H,21,25)/t11?,13-,15-/m1/s1. The molecule has 0 aliphatic heterocycles. The van der Waals surface area contributed by atoms with Gasteiger partial charge in [0.1, 0.15) is 6.33 Å². The number of rotatable bonds is 4. The van der Waals surface area contributed by atoms with Crippen molar-refractivity contribution < 1.29 is 9.90 Å². The molecule has 1 amide bonds. The third-order valence-electron chi connectivity index (χ3n) is 4.68. The lowest BCUT2D eigenvalue weighted by Crippen LogP contribution is -2.40. The molecule has 0 spiro atoms. The zero-order valence-electron chi connectivity index (χ0n) is 13.4. The Hall–Kier alpha value is -2.38. The smallest absolute Gasteiger partial charge is 0.272 e. The Kier molecular flexibility index (Phi) is 4.19. The van der Waals surface area contributed by atoms with Crippen LogP contribution in [0.3, 0.4) is 0 Å². The predicted molar refractivity (Wildman–Crippen MR) is 92.4 cm³/mol. The molecule has 130 valence electrons. The van der Waals surface area contributed by atoms with Gasteiger partial charge in [0.05, 0.1) is 29.0 Å². The molecule has 4 rings (SSSR count). The van der Waals surface area contributed by atoms with Crippen LogP contribution in [0.15, 0.2) is 43.4 Å². The maximum atomic E-state index is 12.6. The van der Waals surface area contributed by atoms with Crippen LogP contribution >= 0.6 is 11.6 Å². The number of nitrogens with one attached hydrogen (secondary N) is 1. The van der Waals surface area contributed by atoms with Gasteiger partial charge in [-0.15, -0.1) is 0 Å². The molecule has 0 bridgehead atoms. The summed E-state index contributed by atoms with van der Waals surface area (Å²) in [7, 11) is 0. The molecule has 3 aromatic rings. The maximum Gasteiger partial charge on any atom is 0.272 e. The molecule has 0 saturated heterocycles. The third-order valence-corrected chi connectivity index (χ3v) is 4.90. The number of nitrogens with zero attached hydrogens (tertiary/aromatic N) is 4. The van der Waals surface area contributed by atoms with Gasteiger partial charge >= 0.3 is 0 Å². The lowest BCUT2D eigenvalue weighted by Gasteiger charge is -2.15. The van der Waals surface area contributed by atoms with Crippen molar-refractivity contribution in [1.82, 2.24) is 24.3 Å². The van der Waals surface area contributed by atoms with Crippen molar-refractivity contribution >= 4 is 23.0 Å². The number of pyridine rings is 1. The number of carbonyl (C=O) groups is 1. The van der Waals surface area contributed by atoms with E-state index < -0.39 is 6.10 Å². The fourth-order valence-electron chi connectivity index (χ4n) is 3.50. The molecule has 1 unspecified atom stereocenters. The van der Waals surface area contributed by atoms with Gasteiger partial charge < -0.3 is 19.4 Å². The van der Waals surface area contributed by atoms with Crippen molar-refractivity contribution in [2.24, 2.45) is 5.92 Å². The van der Waals surface area contributed by atoms with Gasteiger partial charge in [-0.05, 0) is 30.9 Å². The fourth-order valence-corrected chi connectivity index (χ4v) is 3.67. The predicted octanol–water partition coefficient (Wildman–Crippen LogP) is 1.75. The van der Waals surface area contributed by atoms with Gasteiger partial charge in [-0.3, -0.25) is 4.79 Å². The van der Waals surface area contributed by atoms with Crippen molar-refractivity contribution in [2.75, 3.05) is 0 Å². The summed E-state index contributed by atoms with van der Waals surface area (Å²) in [4.78, 5) is 20.8. The fraction of sp³-hybridized carbons (Fsp3) is 0.353. The van der Waals surface area contributed by atoms with E-state index in [1.54, 1.807) is 41.6 Å². The number of aromatic nitrogens is 4. The molecule has 3 atom stereocenters. The minimum atomic E-state index is -0.555. The van der Waals surface area contributed by atoms with Crippen molar-refractivity contribution in [3.05, 3.63) is 54.1 Å². The molecule has 3 heterocycles. The van der Waals surface area contributed by atoms with Gasteiger partial charge in [-0.1, -0.05) is 11.6 Å². The van der Waals surface area contributed by atoms with Gasteiger partial charge in [0.25, 0.3) is 5.91 Å². The largest absolute Gasteiger partial charge is 0.391 e. The Morgan fingerprint density at radius 2 is 2.24 bits per heavy atom. The maximum absolute atomic E-state index is 12.6. The molecule has 8 heteroatoms. The van der Waals surface area contributed by atoms with Gasteiger partial charge in [-0.2, -0.15) is 0 Å². The van der Waals surface area contributed by atoms with Crippen LogP contribution < -0.4 is 5.32 Å². The summed E-state index contributed by atoms with van der Waals surface area (Å²) in [6.07, 6.45) is 9.49. The van der Waals surface area contributed by atoms with Crippen LogP contribution in [0.25, 0.3) is 5.52 Å². The van der Waals surface area contributed by atoms with E-state index in [4.69, 9.17) is 11.6 Å². The Labute approximate surface area is 149 Å². The third kappa shape index (κ3) is 3.25. The molecular weight excluding hydrogens is 342 g/mol. The molecule has 1 saturated carbocycles. The second-order valence-corrected chi connectivity index (χ2v) is 6.91. The number of carbonyl (C=O) groups excluding carboxylic acids is 1. The van der Waals surface area contributed by atoms with Gasteiger partial charge in [0.15, 0.2) is 5.69 Å². The number of fused-ring (bicyclic) bond motifs is 1. The highest BCUT2D eigenvalue weighted by Gasteiger charge is 2.34. The average Bonchev–Trinajstić information content (AvgIpc) is 3.29. The highest BCUT2D eigenvalue weighted by atomic mass is 35.5. The summed E-state index contributed by atoms with van der Waals surface area (Å²) < 4.78 is 3.71. The van der Waals surface area contributed by atoms with Crippen molar-refractivity contribution in [2.45, 2.75) is 31.5 Å². The number of hydrogen-bond donors (Lipinski definition) is 2. The SMILES string of the molecule is O=C(N[C@@H]1CC(Cn2ccnc2)C[C@H]1O)c1ncn2cc(Cl)ccc12. The Balaban J connectivity index is 1.45. The number of hydrogen-bond acceptors (Lipinski definition) is 4. The second-order valence-electron chi connectivity index (χ2n) is 6.48. The molecule has 3 aromatic heterocycles. The van der Waals surface area contributed by atoms with Crippen molar-refractivity contribution in [3.8, 4) is 0 Å². The summed E-state index contributed by atoms with van der Waals surface area (Å²) in [5.74, 6) is 0.0178. The number of aliphatic hydroxyl groups is 1. The first-order valence-electron chi connectivity index (χ1n) is 8.17. The number of amides is 1. The zero-order valence-corrected chi connectivity index (χ0v) is 14.2. The summed E-state index contributed by atoms with van der Waals surface area (Å²) >= 11 is 5.95.